The summed E-state index contributed by atoms with van der Waals surface area (Å²) in [6, 6.07) is -0.107. The summed E-state index contributed by atoms with van der Waals surface area (Å²) >= 11 is 0.757. The van der Waals surface area contributed by atoms with Crippen molar-refractivity contribution < 1.29 is 27.9 Å². The average molecular weight is 373 g/mol. The van der Waals surface area contributed by atoms with E-state index in [0.717, 1.165) is 22.3 Å². The standard InChI is InChI=1S/C15H14F3N3O3S/c1-6-5-7(15(16,17)18)9-10(19)11(25-12(9)20-6)13(22)21-4-2-3-8(21)14(23)24/h5,8H,2-4,19H2,1H3,(H,23,24)/t8-/m1/s1. The Morgan fingerprint density at radius 1 is 1.44 bits per heavy atom. The number of rotatable bonds is 2. The quantitative estimate of drug-likeness (QED) is 0.844. The second kappa shape index (κ2) is 5.87. The van der Waals surface area contributed by atoms with E-state index < -0.39 is 29.7 Å². The number of carbonyl (C=O) groups is 2. The van der Waals surface area contributed by atoms with Gasteiger partial charge in [-0.3, -0.25) is 4.79 Å². The first-order valence-electron chi connectivity index (χ1n) is 7.42. The molecule has 1 atom stereocenters. The largest absolute Gasteiger partial charge is 0.480 e. The number of carboxylic acids is 1. The van der Waals surface area contributed by atoms with Crippen molar-refractivity contribution in [2.75, 3.05) is 12.3 Å². The highest BCUT2D eigenvalue weighted by atomic mass is 32.1. The Labute approximate surface area is 144 Å². The van der Waals surface area contributed by atoms with Gasteiger partial charge in [-0.15, -0.1) is 11.3 Å². The number of carboxylic acid groups (broad SMARTS) is 1. The number of carbonyl (C=O) groups excluding carboxylic acids is 1. The molecule has 6 nitrogen and oxygen atoms in total. The van der Waals surface area contributed by atoms with E-state index in [4.69, 9.17) is 5.73 Å². The van der Waals surface area contributed by atoms with Crippen LogP contribution >= 0.6 is 11.3 Å². The summed E-state index contributed by atoms with van der Waals surface area (Å²) in [4.78, 5) is 29.0. The summed E-state index contributed by atoms with van der Waals surface area (Å²) in [5.41, 5.74) is 4.76. The lowest BCUT2D eigenvalue weighted by Gasteiger charge is -2.20. The predicted molar refractivity (Wildman–Crippen MR) is 85.5 cm³/mol. The first kappa shape index (κ1) is 17.5. The molecule has 0 spiro atoms. The third kappa shape index (κ3) is 2.90. The molecule has 25 heavy (non-hydrogen) atoms. The van der Waals surface area contributed by atoms with E-state index in [1.165, 1.54) is 6.92 Å². The van der Waals surface area contributed by atoms with Crippen molar-refractivity contribution in [1.29, 1.82) is 0 Å². The van der Waals surface area contributed by atoms with Gasteiger partial charge in [0, 0.05) is 17.6 Å². The summed E-state index contributed by atoms with van der Waals surface area (Å²) in [7, 11) is 0. The smallest absolute Gasteiger partial charge is 0.417 e. The number of thiophene rings is 1. The zero-order valence-corrected chi connectivity index (χ0v) is 13.9. The monoisotopic (exact) mass is 373 g/mol. The first-order chi connectivity index (χ1) is 11.6. The molecule has 1 amide bonds. The van der Waals surface area contributed by atoms with Gasteiger partial charge in [-0.05, 0) is 25.8 Å². The van der Waals surface area contributed by atoms with Crippen molar-refractivity contribution in [3.63, 3.8) is 0 Å². The number of amides is 1. The number of nitrogens with zero attached hydrogens (tertiary/aromatic N) is 2. The molecule has 134 valence electrons. The summed E-state index contributed by atoms with van der Waals surface area (Å²) in [5, 5.41) is 8.89. The summed E-state index contributed by atoms with van der Waals surface area (Å²) in [6.07, 6.45) is -3.82. The van der Waals surface area contributed by atoms with Crippen molar-refractivity contribution in [2.45, 2.75) is 32.0 Å². The molecule has 1 aliphatic heterocycles. The number of aryl methyl sites for hydroxylation is 1. The topological polar surface area (TPSA) is 96.5 Å². The molecule has 0 bridgehead atoms. The molecule has 2 aromatic heterocycles. The van der Waals surface area contributed by atoms with E-state index >= 15 is 0 Å². The van der Waals surface area contributed by atoms with E-state index in [-0.39, 0.29) is 33.0 Å². The number of pyridine rings is 1. The van der Waals surface area contributed by atoms with Crippen LogP contribution in [0.2, 0.25) is 0 Å². The minimum Gasteiger partial charge on any atom is -0.480 e. The second-order valence-electron chi connectivity index (χ2n) is 5.83. The van der Waals surface area contributed by atoms with E-state index in [1.807, 2.05) is 0 Å². The zero-order valence-electron chi connectivity index (χ0n) is 13.1. The number of nitrogen functional groups attached to an aromatic ring is 1. The predicted octanol–water partition coefficient (Wildman–Crippen LogP) is 2.89. The molecule has 3 N–H and O–H groups in total. The van der Waals surface area contributed by atoms with Gasteiger partial charge < -0.3 is 15.7 Å². The molecule has 2 aromatic rings. The third-order valence-electron chi connectivity index (χ3n) is 4.13. The normalized spacial score (nSPS) is 18.1. The average Bonchev–Trinajstić information content (AvgIpc) is 3.10. The number of hydrogen-bond acceptors (Lipinski definition) is 5. The Morgan fingerprint density at radius 2 is 2.12 bits per heavy atom. The zero-order chi connectivity index (χ0) is 18.5. The molecule has 0 saturated carbocycles. The number of anilines is 1. The van der Waals surface area contributed by atoms with Crippen LogP contribution in [0.15, 0.2) is 6.07 Å². The van der Waals surface area contributed by atoms with Gasteiger partial charge in [-0.2, -0.15) is 13.2 Å². The Morgan fingerprint density at radius 3 is 2.72 bits per heavy atom. The van der Waals surface area contributed by atoms with Crippen LogP contribution in [0.1, 0.15) is 33.8 Å². The number of fused-ring (bicyclic) bond motifs is 1. The van der Waals surface area contributed by atoms with Crippen LogP contribution in [-0.2, 0) is 11.0 Å². The van der Waals surface area contributed by atoms with Crippen LogP contribution in [0.25, 0.3) is 10.2 Å². The van der Waals surface area contributed by atoms with Crippen LogP contribution in [0.3, 0.4) is 0 Å². The fourth-order valence-corrected chi connectivity index (χ4v) is 4.14. The van der Waals surface area contributed by atoms with Gasteiger partial charge in [0.15, 0.2) is 0 Å². The van der Waals surface area contributed by atoms with Gasteiger partial charge in [-0.25, -0.2) is 9.78 Å². The Balaban J connectivity index is 2.14. The molecule has 3 rings (SSSR count). The number of aromatic nitrogens is 1. The molecule has 0 radical (unpaired) electrons. The van der Waals surface area contributed by atoms with Crippen LogP contribution in [-0.4, -0.2) is 39.5 Å². The summed E-state index contributed by atoms with van der Waals surface area (Å²) < 4.78 is 39.9. The Bertz CT molecular complexity index is 878. The van der Waals surface area contributed by atoms with E-state index in [1.54, 1.807) is 0 Å². The van der Waals surface area contributed by atoms with Crippen LogP contribution < -0.4 is 5.73 Å². The number of likely N-dealkylation sites (tertiary alicyclic amines) is 1. The van der Waals surface area contributed by atoms with Crippen LogP contribution in [0.4, 0.5) is 18.9 Å². The summed E-state index contributed by atoms with van der Waals surface area (Å²) in [5.74, 6) is -1.81. The van der Waals surface area contributed by atoms with Gasteiger partial charge in [0.2, 0.25) is 0 Å². The van der Waals surface area contributed by atoms with E-state index in [2.05, 4.69) is 4.98 Å². The molecule has 10 heteroatoms. The molecule has 0 aliphatic carbocycles. The van der Waals surface area contributed by atoms with Crippen molar-refractivity contribution >= 4 is 39.1 Å². The molecule has 1 fully saturated rings. The van der Waals surface area contributed by atoms with Crippen molar-refractivity contribution in [3.8, 4) is 0 Å². The highest BCUT2D eigenvalue weighted by Crippen LogP contribution is 2.42. The van der Waals surface area contributed by atoms with Crippen molar-refractivity contribution in [1.82, 2.24) is 9.88 Å². The minimum atomic E-state index is -4.64. The Hall–Kier alpha value is -2.36. The fraction of sp³-hybridized carbons (Fsp3) is 0.400. The number of halogens is 3. The molecule has 1 saturated heterocycles. The highest BCUT2D eigenvalue weighted by molar-refractivity contribution is 7.21. The number of hydrogen-bond donors (Lipinski definition) is 2. The maximum Gasteiger partial charge on any atom is 0.417 e. The Kier molecular flexibility index (Phi) is 4.10. The molecule has 0 unspecified atom stereocenters. The van der Waals surface area contributed by atoms with Gasteiger partial charge >= 0.3 is 12.1 Å². The lowest BCUT2D eigenvalue weighted by Crippen LogP contribution is -2.40. The molecule has 1 aliphatic rings. The molecular weight excluding hydrogens is 359 g/mol. The summed E-state index contributed by atoms with van der Waals surface area (Å²) in [6.45, 7) is 1.65. The lowest BCUT2D eigenvalue weighted by atomic mass is 10.1. The van der Waals surface area contributed by atoms with E-state index in [9.17, 15) is 27.9 Å². The van der Waals surface area contributed by atoms with Crippen molar-refractivity contribution in [3.05, 3.63) is 22.2 Å². The van der Waals surface area contributed by atoms with Gasteiger partial charge in [0.05, 0.1) is 11.3 Å². The van der Waals surface area contributed by atoms with Gasteiger partial charge in [-0.1, -0.05) is 0 Å². The van der Waals surface area contributed by atoms with Gasteiger partial charge in [0.1, 0.15) is 15.7 Å². The third-order valence-corrected chi connectivity index (χ3v) is 5.21. The maximum absolute atomic E-state index is 13.3. The fourth-order valence-electron chi connectivity index (χ4n) is 3.02. The van der Waals surface area contributed by atoms with E-state index in [0.29, 0.717) is 12.8 Å². The second-order valence-corrected chi connectivity index (χ2v) is 6.83. The number of nitrogens with two attached hydrogens (primary N) is 1. The molecular formula is C15H14F3N3O3S. The minimum absolute atomic E-state index is 0.0132. The van der Waals surface area contributed by atoms with Crippen molar-refractivity contribution in [2.24, 2.45) is 0 Å². The maximum atomic E-state index is 13.3. The van der Waals surface area contributed by atoms with Crippen LogP contribution in [0, 0.1) is 6.92 Å². The molecule has 3 heterocycles. The highest BCUT2D eigenvalue weighted by Gasteiger charge is 2.39. The SMILES string of the molecule is Cc1cc(C(F)(F)F)c2c(N)c(C(=O)N3CCC[C@@H]3C(=O)O)sc2n1. The number of alkyl halides is 3. The first-order valence-corrected chi connectivity index (χ1v) is 8.23. The van der Waals surface area contributed by atoms with Gasteiger partial charge in [0.25, 0.3) is 5.91 Å². The number of aliphatic carboxylic acids is 1. The lowest BCUT2D eigenvalue weighted by molar-refractivity contribution is -0.141. The molecule has 0 aromatic carbocycles. The van der Waals surface area contributed by atoms with Crippen LogP contribution in [0.5, 0.6) is 0 Å².